The summed E-state index contributed by atoms with van der Waals surface area (Å²) in [7, 11) is -1.21. The number of hydrogen-bond acceptors (Lipinski definition) is 5. The molecule has 1 aromatic heterocycles. The molecule has 0 saturated heterocycles. The van der Waals surface area contributed by atoms with E-state index in [0.717, 1.165) is 36.3 Å². The molecule has 0 aliphatic heterocycles. The molecule has 3 nitrogen and oxygen atoms in total. The van der Waals surface area contributed by atoms with Crippen molar-refractivity contribution in [2.24, 2.45) is 5.92 Å². The van der Waals surface area contributed by atoms with Crippen LogP contribution >= 0.6 is 24.2 Å². The molecule has 168 valence electrons. The molecular weight excluding hydrogens is 453 g/mol. The maximum absolute atomic E-state index is 12.9. The highest BCUT2D eigenvalue weighted by Gasteiger charge is 2.43. The summed E-state index contributed by atoms with van der Waals surface area (Å²) in [5.74, 6) is 7.30. The van der Waals surface area contributed by atoms with E-state index in [9.17, 15) is 9.47 Å². The van der Waals surface area contributed by atoms with Gasteiger partial charge in [0.1, 0.15) is 4.75 Å². The van der Waals surface area contributed by atoms with E-state index in [2.05, 4.69) is 92.6 Å². The Hall–Kier alpha value is -1.83. The number of thiol groups is 1. The summed E-state index contributed by atoms with van der Waals surface area (Å²) in [6.07, 6.45) is 2.43. The Morgan fingerprint density at radius 3 is 2.31 bits per heavy atom. The molecule has 1 saturated carbocycles. The zero-order chi connectivity index (χ0) is 23.3. The number of nitrogens with zero attached hydrogens (tertiary/aromatic N) is 1. The smallest absolute Gasteiger partial charge is 0.132 e. The second kappa shape index (κ2) is 10.9. The number of benzene rings is 2. The average Bonchev–Trinajstić information content (AvgIpc) is 3.09. The molecule has 3 aromatic rings. The molecule has 2 unspecified atom stereocenters. The highest BCUT2D eigenvalue weighted by Crippen LogP contribution is 2.39. The van der Waals surface area contributed by atoms with Crippen LogP contribution in [-0.4, -0.2) is 14.7 Å². The van der Waals surface area contributed by atoms with Crippen molar-refractivity contribution < 1.29 is 4.21 Å². The van der Waals surface area contributed by atoms with Gasteiger partial charge < -0.3 is 0 Å². The lowest BCUT2D eigenvalue weighted by Crippen LogP contribution is -2.42. The molecule has 32 heavy (non-hydrogen) atoms. The average molecular weight is 483 g/mol. The van der Waals surface area contributed by atoms with Crippen molar-refractivity contribution in [3.8, 4) is 17.9 Å². The summed E-state index contributed by atoms with van der Waals surface area (Å²) in [4.78, 5) is 0. The number of nitriles is 1. The third-order valence-electron chi connectivity index (χ3n) is 5.44. The third kappa shape index (κ3) is 5.38. The fraction of sp³-hybridized carbons (Fsp3) is 0.423. The molecule has 2 atom stereocenters. The molecule has 0 radical (unpaired) electrons. The monoisotopic (exact) mass is 482 g/mol. The number of fused-ring (bicyclic) bond motifs is 3. The molecule has 0 bridgehead atoms. The third-order valence-corrected chi connectivity index (χ3v) is 8.91. The Bertz CT molecular complexity index is 1220. The van der Waals surface area contributed by atoms with Crippen LogP contribution in [0.4, 0.5) is 0 Å². The van der Waals surface area contributed by atoms with E-state index < -0.39 is 15.5 Å². The second-order valence-electron chi connectivity index (χ2n) is 8.83. The fourth-order valence-corrected chi connectivity index (χ4v) is 6.82. The van der Waals surface area contributed by atoms with Gasteiger partial charge in [-0.3, -0.25) is 8.93 Å². The molecular formula is C26H30N2OS3. The predicted molar refractivity (Wildman–Crippen MR) is 142 cm³/mol. The minimum absolute atomic E-state index is 0.173. The van der Waals surface area contributed by atoms with Crippen LogP contribution in [0.3, 0.4) is 0 Å². The maximum atomic E-state index is 12.9. The molecule has 1 aliphatic rings. The molecule has 1 heterocycles. The van der Waals surface area contributed by atoms with Gasteiger partial charge in [-0.25, -0.2) is 0 Å². The van der Waals surface area contributed by atoms with Crippen LogP contribution in [-0.2, 0) is 10.8 Å². The number of rotatable bonds is 5. The predicted octanol–water partition coefficient (Wildman–Crippen LogP) is 6.76. The SMILES string of the molecule is CC#Cc1ccc2sc3ccc(C(CS(=O)C4(C#N)CCC4)NS)cc3c2c1.CC(C)C. The van der Waals surface area contributed by atoms with Crippen molar-refractivity contribution in [3.05, 3.63) is 47.5 Å². The van der Waals surface area contributed by atoms with E-state index in [4.69, 9.17) is 0 Å². The second-order valence-corrected chi connectivity index (χ2v) is 12.0. The van der Waals surface area contributed by atoms with Crippen LogP contribution < -0.4 is 4.72 Å². The van der Waals surface area contributed by atoms with Gasteiger partial charge in [0.15, 0.2) is 0 Å². The molecule has 6 heteroatoms. The molecule has 4 rings (SSSR count). The summed E-state index contributed by atoms with van der Waals surface area (Å²) in [6, 6.07) is 14.8. The largest absolute Gasteiger partial charge is 0.258 e. The lowest BCUT2D eigenvalue weighted by molar-refractivity contribution is 0.425. The van der Waals surface area contributed by atoms with E-state index in [1.165, 1.54) is 20.2 Å². The van der Waals surface area contributed by atoms with Gasteiger partial charge in [-0.05, 0) is 68.0 Å². The van der Waals surface area contributed by atoms with Crippen molar-refractivity contribution in [1.29, 1.82) is 5.26 Å². The lowest BCUT2D eigenvalue weighted by Gasteiger charge is -2.35. The quantitative estimate of drug-likeness (QED) is 0.312. The van der Waals surface area contributed by atoms with Gasteiger partial charge in [0.2, 0.25) is 0 Å². The summed E-state index contributed by atoms with van der Waals surface area (Å²) in [6.45, 7) is 8.34. The highest BCUT2D eigenvalue weighted by atomic mass is 32.2. The molecule has 2 aromatic carbocycles. The first-order valence-corrected chi connectivity index (χ1v) is 13.5. The Morgan fingerprint density at radius 2 is 1.78 bits per heavy atom. The van der Waals surface area contributed by atoms with Crippen LogP contribution in [0.25, 0.3) is 20.2 Å². The lowest BCUT2D eigenvalue weighted by atomic mass is 9.86. The Morgan fingerprint density at radius 1 is 1.16 bits per heavy atom. The zero-order valence-corrected chi connectivity index (χ0v) is 21.6. The Labute approximate surface area is 203 Å². The van der Waals surface area contributed by atoms with Crippen LogP contribution in [0.1, 0.15) is 64.1 Å². The summed E-state index contributed by atoms with van der Waals surface area (Å²) < 4.78 is 17.6. The molecule has 0 amide bonds. The fourth-order valence-electron chi connectivity index (χ4n) is 3.64. The van der Waals surface area contributed by atoms with Gasteiger partial charge >= 0.3 is 0 Å². The molecule has 1 N–H and O–H groups in total. The van der Waals surface area contributed by atoms with Crippen LogP contribution in [0, 0.1) is 29.1 Å². The normalized spacial score (nSPS) is 16.3. The van der Waals surface area contributed by atoms with Crippen molar-refractivity contribution >= 4 is 55.1 Å². The van der Waals surface area contributed by atoms with Crippen LogP contribution in [0.5, 0.6) is 0 Å². The molecule has 1 aliphatic carbocycles. The van der Waals surface area contributed by atoms with E-state index in [1.807, 2.05) is 6.92 Å². The highest BCUT2D eigenvalue weighted by molar-refractivity contribution is 7.86. The maximum Gasteiger partial charge on any atom is 0.132 e. The topological polar surface area (TPSA) is 52.9 Å². The van der Waals surface area contributed by atoms with Gasteiger partial charge in [0.05, 0.1) is 12.1 Å². The first kappa shape index (κ1) is 24.8. The van der Waals surface area contributed by atoms with Gasteiger partial charge in [-0.1, -0.05) is 45.6 Å². The molecule has 1 fully saturated rings. The summed E-state index contributed by atoms with van der Waals surface area (Å²) in [5.41, 5.74) is 2.04. The van der Waals surface area contributed by atoms with Crippen molar-refractivity contribution in [3.63, 3.8) is 0 Å². The van der Waals surface area contributed by atoms with E-state index in [-0.39, 0.29) is 6.04 Å². The van der Waals surface area contributed by atoms with E-state index in [0.29, 0.717) is 5.75 Å². The van der Waals surface area contributed by atoms with E-state index >= 15 is 0 Å². The minimum Gasteiger partial charge on any atom is -0.258 e. The van der Waals surface area contributed by atoms with Gasteiger partial charge in [-0.15, -0.1) is 17.3 Å². The standard InChI is InChI=1S/C22H20N2OS3.C4H10/c1-2-4-15-5-7-20-17(11-15)18-12-16(6-8-21(18)27-20)19(24-26)13-28(25)22(14-23)9-3-10-22;1-4(2)3/h5-8,11-12,19,24,26H,3,9-10,13H2,1H3;4H,1-3H3. The van der Waals surface area contributed by atoms with Gasteiger partial charge in [0, 0.05) is 42.3 Å². The first-order valence-electron chi connectivity index (χ1n) is 10.9. The summed E-state index contributed by atoms with van der Waals surface area (Å²) >= 11 is 6.05. The van der Waals surface area contributed by atoms with Crippen molar-refractivity contribution in [2.75, 3.05) is 5.75 Å². The molecule has 0 spiro atoms. The van der Waals surface area contributed by atoms with Crippen LogP contribution in [0.15, 0.2) is 36.4 Å². The summed E-state index contributed by atoms with van der Waals surface area (Å²) in [5, 5.41) is 11.8. The van der Waals surface area contributed by atoms with Gasteiger partial charge in [-0.2, -0.15) is 5.26 Å². The number of hydrogen-bond donors (Lipinski definition) is 2. The first-order chi connectivity index (χ1) is 15.3. The van der Waals surface area contributed by atoms with Crippen molar-refractivity contribution in [2.45, 2.75) is 57.7 Å². The van der Waals surface area contributed by atoms with E-state index in [1.54, 1.807) is 11.3 Å². The number of thiophene rings is 1. The van der Waals surface area contributed by atoms with Crippen molar-refractivity contribution in [1.82, 2.24) is 4.72 Å². The zero-order valence-electron chi connectivity index (χ0n) is 19.1. The Balaban J connectivity index is 0.000000668. The number of nitrogens with one attached hydrogen (secondary N) is 1. The Kier molecular flexibility index (Phi) is 8.42. The van der Waals surface area contributed by atoms with Crippen LogP contribution in [0.2, 0.25) is 0 Å². The minimum atomic E-state index is -1.21. The van der Waals surface area contributed by atoms with Gasteiger partial charge in [0.25, 0.3) is 0 Å².